The van der Waals surface area contributed by atoms with Crippen LogP contribution in [0.3, 0.4) is 0 Å². The van der Waals surface area contributed by atoms with Gasteiger partial charge in [-0.3, -0.25) is 19.7 Å². The fourth-order valence-electron chi connectivity index (χ4n) is 2.12. The van der Waals surface area contributed by atoms with Crippen molar-refractivity contribution in [3.8, 4) is 0 Å². The number of aryl methyl sites for hydroxylation is 1. The summed E-state index contributed by atoms with van der Waals surface area (Å²) in [5, 5.41) is 13.2. The van der Waals surface area contributed by atoms with Crippen molar-refractivity contribution in [2.75, 3.05) is 5.32 Å². The summed E-state index contributed by atoms with van der Waals surface area (Å²) >= 11 is 0. The van der Waals surface area contributed by atoms with Crippen LogP contribution in [0.25, 0.3) is 0 Å². The maximum Gasteiger partial charge on any atom is 0.421 e. The average molecular weight is 355 g/mol. The number of halogens is 3. The predicted molar refractivity (Wildman–Crippen MR) is 82.2 cm³/mol. The number of aromatic nitrogens is 1. The molecule has 25 heavy (non-hydrogen) atoms. The zero-order chi connectivity index (χ0) is 18.8. The number of pyridine rings is 1. The van der Waals surface area contributed by atoms with E-state index in [2.05, 4.69) is 5.32 Å². The Hall–Kier alpha value is -3.17. The van der Waals surface area contributed by atoms with Gasteiger partial charge in [-0.15, -0.1) is 0 Å². The Balaban J connectivity index is 2.21. The molecule has 1 heterocycles. The third kappa shape index (κ3) is 4.22. The second kappa shape index (κ2) is 6.75. The number of benzene rings is 1. The fraction of sp³-hybridized carbons (Fsp3) is 0.200. The molecule has 0 aliphatic carbocycles. The molecular weight excluding hydrogens is 343 g/mol. The molecule has 1 aromatic heterocycles. The summed E-state index contributed by atoms with van der Waals surface area (Å²) in [5.41, 5.74) is -2.46. The minimum absolute atomic E-state index is 0.0994. The number of hydrogen-bond donors (Lipinski definition) is 1. The molecule has 0 atom stereocenters. The first-order chi connectivity index (χ1) is 11.6. The van der Waals surface area contributed by atoms with Crippen LogP contribution in [-0.4, -0.2) is 15.4 Å². The summed E-state index contributed by atoms with van der Waals surface area (Å²) < 4.78 is 38.7. The first-order valence-corrected chi connectivity index (χ1v) is 6.91. The normalized spacial score (nSPS) is 11.2. The Kier molecular flexibility index (Phi) is 4.91. The number of nitrogens with zero attached hydrogens (tertiary/aromatic N) is 2. The van der Waals surface area contributed by atoms with Gasteiger partial charge in [-0.05, 0) is 25.1 Å². The van der Waals surface area contributed by atoms with Gasteiger partial charge in [-0.25, -0.2) is 0 Å². The van der Waals surface area contributed by atoms with Crippen LogP contribution in [0.2, 0.25) is 0 Å². The molecule has 0 aliphatic heterocycles. The summed E-state index contributed by atoms with van der Waals surface area (Å²) in [7, 11) is 0. The highest BCUT2D eigenvalue weighted by molar-refractivity contribution is 5.91. The van der Waals surface area contributed by atoms with E-state index in [0.29, 0.717) is 16.2 Å². The van der Waals surface area contributed by atoms with Crippen molar-refractivity contribution in [1.82, 2.24) is 4.57 Å². The lowest BCUT2D eigenvalue weighted by Crippen LogP contribution is -2.31. The molecule has 2 rings (SSSR count). The quantitative estimate of drug-likeness (QED) is 0.674. The molecular formula is C15H12F3N3O4. The van der Waals surface area contributed by atoms with Crippen LogP contribution in [0.4, 0.5) is 24.5 Å². The highest BCUT2D eigenvalue weighted by Crippen LogP contribution is 2.26. The second-order valence-corrected chi connectivity index (χ2v) is 5.16. The number of amides is 1. The first kappa shape index (κ1) is 18.2. The molecule has 10 heteroatoms. The third-order valence-corrected chi connectivity index (χ3v) is 3.33. The third-order valence-electron chi connectivity index (χ3n) is 3.33. The van der Waals surface area contributed by atoms with Gasteiger partial charge in [0, 0.05) is 23.5 Å². The summed E-state index contributed by atoms with van der Waals surface area (Å²) in [5.74, 6) is -0.792. The van der Waals surface area contributed by atoms with Gasteiger partial charge >= 0.3 is 6.18 Å². The lowest BCUT2D eigenvalue weighted by molar-refractivity contribution is -0.385. The number of nitro benzene ring substituents is 1. The second-order valence-electron chi connectivity index (χ2n) is 5.16. The minimum atomic E-state index is -4.83. The molecule has 132 valence electrons. The van der Waals surface area contributed by atoms with Crippen molar-refractivity contribution < 1.29 is 22.9 Å². The molecule has 7 nitrogen and oxygen atoms in total. The van der Waals surface area contributed by atoms with E-state index >= 15 is 0 Å². The SMILES string of the molecule is Cc1ccc(NC(=O)Cn2cccc(C(F)(F)F)c2=O)cc1[N+](=O)[O-]. The van der Waals surface area contributed by atoms with Crippen molar-refractivity contribution in [1.29, 1.82) is 0 Å². The lowest BCUT2D eigenvalue weighted by Gasteiger charge is -2.11. The molecule has 1 N–H and O–H groups in total. The van der Waals surface area contributed by atoms with E-state index in [0.717, 1.165) is 18.3 Å². The van der Waals surface area contributed by atoms with E-state index in [1.165, 1.54) is 19.1 Å². The fourth-order valence-corrected chi connectivity index (χ4v) is 2.12. The molecule has 0 fully saturated rings. The topological polar surface area (TPSA) is 94.2 Å². The van der Waals surface area contributed by atoms with Crippen LogP contribution in [0.5, 0.6) is 0 Å². The molecule has 0 saturated heterocycles. The standard InChI is InChI=1S/C15H12F3N3O4/c1-9-4-5-10(7-12(9)21(24)25)19-13(22)8-20-6-2-3-11(14(20)23)15(16,17)18/h2-7H,8H2,1H3,(H,19,22). The van der Waals surface area contributed by atoms with E-state index in [1.54, 1.807) is 0 Å². The molecule has 0 aliphatic rings. The van der Waals surface area contributed by atoms with Crippen molar-refractivity contribution in [2.45, 2.75) is 19.6 Å². The molecule has 0 unspecified atom stereocenters. The highest BCUT2D eigenvalue weighted by Gasteiger charge is 2.34. The Morgan fingerprint density at radius 1 is 1.32 bits per heavy atom. The van der Waals surface area contributed by atoms with E-state index in [9.17, 15) is 32.9 Å². The summed E-state index contributed by atoms with van der Waals surface area (Å²) in [6, 6.07) is 5.59. The van der Waals surface area contributed by atoms with Crippen molar-refractivity contribution in [3.05, 3.63) is 68.1 Å². The van der Waals surface area contributed by atoms with E-state index in [1.807, 2.05) is 0 Å². The molecule has 1 aromatic carbocycles. The summed E-state index contributed by atoms with van der Waals surface area (Å²) in [6.07, 6.45) is -3.77. The van der Waals surface area contributed by atoms with E-state index < -0.39 is 34.7 Å². The van der Waals surface area contributed by atoms with Gasteiger partial charge < -0.3 is 9.88 Å². The number of nitro groups is 1. The molecule has 0 radical (unpaired) electrons. The smallest absolute Gasteiger partial charge is 0.324 e. The molecule has 0 spiro atoms. The maximum absolute atomic E-state index is 12.7. The largest absolute Gasteiger partial charge is 0.421 e. The predicted octanol–water partition coefficient (Wildman–Crippen LogP) is 2.72. The van der Waals surface area contributed by atoms with E-state index in [-0.39, 0.29) is 11.4 Å². The number of carbonyl (C=O) groups excluding carboxylic acids is 1. The molecule has 2 aromatic rings. The van der Waals surface area contributed by atoms with Gasteiger partial charge in [0.2, 0.25) is 5.91 Å². The van der Waals surface area contributed by atoms with Crippen LogP contribution in [-0.2, 0) is 17.5 Å². The first-order valence-electron chi connectivity index (χ1n) is 6.91. The van der Waals surface area contributed by atoms with Crippen LogP contribution in [0.1, 0.15) is 11.1 Å². The molecule has 0 saturated carbocycles. The minimum Gasteiger partial charge on any atom is -0.324 e. The van der Waals surface area contributed by atoms with Gasteiger partial charge in [0.15, 0.2) is 0 Å². The van der Waals surface area contributed by atoms with Gasteiger partial charge in [0.1, 0.15) is 12.1 Å². The molecule has 0 bridgehead atoms. The lowest BCUT2D eigenvalue weighted by atomic mass is 10.2. The van der Waals surface area contributed by atoms with Crippen molar-refractivity contribution in [2.24, 2.45) is 0 Å². The summed E-state index contributed by atoms with van der Waals surface area (Å²) in [4.78, 5) is 33.9. The zero-order valence-electron chi connectivity index (χ0n) is 12.8. The number of rotatable bonds is 4. The van der Waals surface area contributed by atoms with Gasteiger partial charge in [-0.2, -0.15) is 13.2 Å². The van der Waals surface area contributed by atoms with E-state index in [4.69, 9.17) is 0 Å². The maximum atomic E-state index is 12.7. The number of hydrogen-bond acceptors (Lipinski definition) is 4. The number of nitrogens with one attached hydrogen (secondary N) is 1. The molecule has 1 amide bonds. The summed E-state index contributed by atoms with van der Waals surface area (Å²) in [6.45, 7) is 0.857. The van der Waals surface area contributed by atoms with Crippen LogP contribution in [0, 0.1) is 17.0 Å². The van der Waals surface area contributed by atoms with Gasteiger partial charge in [0.25, 0.3) is 11.2 Å². The zero-order valence-corrected chi connectivity index (χ0v) is 12.8. The Bertz CT molecular complexity index is 890. The van der Waals surface area contributed by atoms with Gasteiger partial charge in [-0.1, -0.05) is 6.07 Å². The Labute approximate surface area is 138 Å². The number of alkyl halides is 3. The highest BCUT2D eigenvalue weighted by atomic mass is 19.4. The Morgan fingerprint density at radius 3 is 2.60 bits per heavy atom. The van der Waals surface area contributed by atoms with Crippen LogP contribution < -0.4 is 10.9 Å². The van der Waals surface area contributed by atoms with Crippen LogP contribution in [0.15, 0.2) is 41.3 Å². The number of anilines is 1. The monoisotopic (exact) mass is 355 g/mol. The van der Waals surface area contributed by atoms with Crippen molar-refractivity contribution >= 4 is 17.3 Å². The van der Waals surface area contributed by atoms with Gasteiger partial charge in [0.05, 0.1) is 4.92 Å². The number of carbonyl (C=O) groups is 1. The Morgan fingerprint density at radius 2 is 2.00 bits per heavy atom. The average Bonchev–Trinajstić information content (AvgIpc) is 2.49. The van der Waals surface area contributed by atoms with Crippen LogP contribution >= 0.6 is 0 Å². The van der Waals surface area contributed by atoms with Crippen molar-refractivity contribution in [3.63, 3.8) is 0 Å².